The van der Waals surface area contributed by atoms with Crippen molar-refractivity contribution in [2.45, 2.75) is 18.4 Å². The molecule has 0 unspecified atom stereocenters. The zero-order valence-electron chi connectivity index (χ0n) is 9.88. The predicted octanol–water partition coefficient (Wildman–Crippen LogP) is 1.54. The van der Waals surface area contributed by atoms with E-state index in [0.29, 0.717) is 19.6 Å². The lowest BCUT2D eigenvalue weighted by molar-refractivity contribution is 0.0685. The Balaban J connectivity index is 1.83. The Morgan fingerprint density at radius 3 is 2.83 bits per heavy atom. The van der Waals surface area contributed by atoms with Crippen LogP contribution in [0.2, 0.25) is 0 Å². The summed E-state index contributed by atoms with van der Waals surface area (Å²) in [6.45, 7) is 1.83. The number of benzene rings is 1. The van der Waals surface area contributed by atoms with E-state index < -0.39 is 17.5 Å². The van der Waals surface area contributed by atoms with Gasteiger partial charge in [0.1, 0.15) is 0 Å². The van der Waals surface area contributed by atoms with Crippen LogP contribution in [0, 0.1) is 11.6 Å². The number of nitrogens with one attached hydrogen (secondary N) is 1. The van der Waals surface area contributed by atoms with Crippen LogP contribution in [0.15, 0.2) is 18.2 Å². The Morgan fingerprint density at radius 1 is 1.33 bits per heavy atom. The molecule has 1 aliphatic heterocycles. The number of carbonyl (C=O) groups is 1. The quantitative estimate of drug-likeness (QED) is 0.822. The van der Waals surface area contributed by atoms with Gasteiger partial charge in [-0.1, -0.05) is 6.07 Å². The molecule has 18 heavy (non-hydrogen) atoms. The minimum Gasteiger partial charge on any atom is -0.335 e. The molecule has 1 aromatic rings. The first-order valence-electron chi connectivity index (χ1n) is 6.10. The van der Waals surface area contributed by atoms with Crippen molar-refractivity contribution < 1.29 is 13.6 Å². The summed E-state index contributed by atoms with van der Waals surface area (Å²) >= 11 is 0. The Labute approximate surface area is 104 Å². The zero-order chi connectivity index (χ0) is 12.8. The standard InChI is InChI=1S/C13H14F2N2O/c14-10-3-1-2-9(11(10)15)12(18)17-7-6-16-13(8-17)4-5-13/h1-3,16H,4-8H2. The normalized spacial score (nSPS) is 21.1. The topological polar surface area (TPSA) is 32.3 Å². The van der Waals surface area contributed by atoms with Gasteiger partial charge in [0.15, 0.2) is 11.6 Å². The fraction of sp³-hybridized carbons (Fsp3) is 0.462. The first-order valence-corrected chi connectivity index (χ1v) is 6.10. The Kier molecular flexibility index (Phi) is 2.59. The zero-order valence-corrected chi connectivity index (χ0v) is 9.88. The van der Waals surface area contributed by atoms with Gasteiger partial charge in [-0.25, -0.2) is 8.78 Å². The third-order valence-electron chi connectivity index (χ3n) is 3.70. The molecule has 1 aromatic carbocycles. The molecule has 0 radical (unpaired) electrons. The molecular formula is C13H14F2N2O. The van der Waals surface area contributed by atoms with Gasteiger partial charge in [0.2, 0.25) is 0 Å². The highest BCUT2D eigenvalue weighted by Crippen LogP contribution is 2.37. The predicted molar refractivity (Wildman–Crippen MR) is 62.2 cm³/mol. The van der Waals surface area contributed by atoms with Crippen LogP contribution in [0.5, 0.6) is 0 Å². The highest BCUT2D eigenvalue weighted by Gasteiger charge is 2.46. The van der Waals surface area contributed by atoms with Crippen LogP contribution in [0.25, 0.3) is 0 Å². The molecule has 1 heterocycles. The van der Waals surface area contributed by atoms with Crippen molar-refractivity contribution in [2.75, 3.05) is 19.6 Å². The van der Waals surface area contributed by atoms with Crippen molar-refractivity contribution in [3.05, 3.63) is 35.4 Å². The minimum absolute atomic E-state index is 0.0394. The van der Waals surface area contributed by atoms with Crippen LogP contribution in [0.4, 0.5) is 8.78 Å². The number of hydrogen-bond donors (Lipinski definition) is 1. The van der Waals surface area contributed by atoms with Gasteiger partial charge in [0.25, 0.3) is 5.91 Å². The van der Waals surface area contributed by atoms with Crippen LogP contribution in [-0.2, 0) is 0 Å². The van der Waals surface area contributed by atoms with Gasteiger partial charge in [-0.3, -0.25) is 4.79 Å². The molecular weight excluding hydrogens is 238 g/mol. The van der Waals surface area contributed by atoms with Crippen LogP contribution in [-0.4, -0.2) is 36.0 Å². The summed E-state index contributed by atoms with van der Waals surface area (Å²) in [5, 5.41) is 3.37. The summed E-state index contributed by atoms with van der Waals surface area (Å²) in [7, 11) is 0. The third kappa shape index (κ3) is 1.88. The Hall–Kier alpha value is -1.49. The van der Waals surface area contributed by atoms with Gasteiger partial charge in [-0.05, 0) is 25.0 Å². The fourth-order valence-corrected chi connectivity index (χ4v) is 2.45. The van der Waals surface area contributed by atoms with E-state index in [9.17, 15) is 13.6 Å². The second-order valence-corrected chi connectivity index (χ2v) is 5.04. The number of nitrogens with zero attached hydrogens (tertiary/aromatic N) is 1. The Bertz CT molecular complexity index is 500. The lowest BCUT2D eigenvalue weighted by Crippen LogP contribution is -2.54. The molecule has 1 spiro atoms. The molecule has 2 fully saturated rings. The minimum atomic E-state index is -1.05. The summed E-state index contributed by atoms with van der Waals surface area (Å²) in [4.78, 5) is 13.8. The largest absolute Gasteiger partial charge is 0.335 e. The molecule has 1 N–H and O–H groups in total. The average molecular weight is 252 g/mol. The molecule has 1 saturated heterocycles. The van der Waals surface area contributed by atoms with Gasteiger partial charge < -0.3 is 10.2 Å². The number of carbonyl (C=O) groups excluding carboxylic acids is 1. The van der Waals surface area contributed by atoms with E-state index in [1.165, 1.54) is 12.1 Å². The van der Waals surface area contributed by atoms with E-state index >= 15 is 0 Å². The smallest absolute Gasteiger partial charge is 0.257 e. The van der Waals surface area contributed by atoms with E-state index in [4.69, 9.17) is 0 Å². The number of halogens is 2. The molecule has 96 valence electrons. The van der Waals surface area contributed by atoms with E-state index in [1.54, 1.807) is 4.90 Å². The lowest BCUT2D eigenvalue weighted by Gasteiger charge is -2.34. The third-order valence-corrected chi connectivity index (χ3v) is 3.70. The monoisotopic (exact) mass is 252 g/mol. The molecule has 0 aromatic heterocycles. The average Bonchev–Trinajstić information content (AvgIpc) is 3.11. The van der Waals surface area contributed by atoms with E-state index in [2.05, 4.69) is 5.32 Å². The molecule has 0 atom stereocenters. The lowest BCUT2D eigenvalue weighted by atomic mass is 10.1. The van der Waals surface area contributed by atoms with Crippen molar-refractivity contribution >= 4 is 5.91 Å². The second kappa shape index (κ2) is 4.02. The molecule has 1 aliphatic carbocycles. The van der Waals surface area contributed by atoms with Crippen molar-refractivity contribution in [2.24, 2.45) is 0 Å². The summed E-state index contributed by atoms with van der Waals surface area (Å²) in [5.74, 6) is -2.44. The van der Waals surface area contributed by atoms with E-state index in [0.717, 1.165) is 18.9 Å². The van der Waals surface area contributed by atoms with Gasteiger partial charge in [0.05, 0.1) is 5.56 Å². The van der Waals surface area contributed by atoms with E-state index in [-0.39, 0.29) is 11.1 Å². The number of rotatable bonds is 1. The SMILES string of the molecule is O=C(c1cccc(F)c1F)N1CCNC2(CC2)C1. The molecule has 3 nitrogen and oxygen atoms in total. The van der Waals surface area contributed by atoms with Crippen LogP contribution in [0.3, 0.4) is 0 Å². The summed E-state index contributed by atoms with van der Waals surface area (Å²) in [6, 6.07) is 3.72. The van der Waals surface area contributed by atoms with Crippen molar-refractivity contribution in [1.29, 1.82) is 0 Å². The fourth-order valence-electron chi connectivity index (χ4n) is 2.45. The second-order valence-electron chi connectivity index (χ2n) is 5.04. The summed E-state index contributed by atoms with van der Waals surface area (Å²) in [5.41, 5.74) is -0.134. The molecule has 3 rings (SSSR count). The van der Waals surface area contributed by atoms with Gasteiger partial charge in [0, 0.05) is 25.2 Å². The maximum absolute atomic E-state index is 13.6. The number of piperazine rings is 1. The molecule has 1 amide bonds. The van der Waals surface area contributed by atoms with Crippen molar-refractivity contribution in [3.63, 3.8) is 0 Å². The van der Waals surface area contributed by atoms with Crippen LogP contribution < -0.4 is 5.32 Å². The first-order chi connectivity index (χ1) is 8.61. The molecule has 1 saturated carbocycles. The molecule has 5 heteroatoms. The van der Waals surface area contributed by atoms with Gasteiger partial charge >= 0.3 is 0 Å². The number of amides is 1. The van der Waals surface area contributed by atoms with Gasteiger partial charge in [-0.2, -0.15) is 0 Å². The van der Waals surface area contributed by atoms with Crippen LogP contribution >= 0.6 is 0 Å². The highest BCUT2D eigenvalue weighted by molar-refractivity contribution is 5.94. The highest BCUT2D eigenvalue weighted by atomic mass is 19.2. The summed E-state index contributed by atoms with van der Waals surface area (Å²) in [6.07, 6.45) is 2.09. The first kappa shape index (κ1) is 11.6. The Morgan fingerprint density at radius 2 is 2.11 bits per heavy atom. The van der Waals surface area contributed by atoms with Gasteiger partial charge in [-0.15, -0.1) is 0 Å². The maximum atomic E-state index is 13.6. The van der Waals surface area contributed by atoms with Crippen molar-refractivity contribution in [3.8, 4) is 0 Å². The maximum Gasteiger partial charge on any atom is 0.257 e. The molecule has 0 bridgehead atoms. The van der Waals surface area contributed by atoms with Crippen LogP contribution in [0.1, 0.15) is 23.2 Å². The van der Waals surface area contributed by atoms with E-state index in [1.807, 2.05) is 0 Å². The number of hydrogen-bond acceptors (Lipinski definition) is 2. The van der Waals surface area contributed by atoms with Crippen molar-refractivity contribution in [1.82, 2.24) is 10.2 Å². The molecule has 2 aliphatic rings. The summed E-state index contributed by atoms with van der Waals surface area (Å²) < 4.78 is 26.7.